The molecule has 7 heteroatoms. The molecule has 1 saturated heterocycles. The topological polar surface area (TPSA) is 81.5 Å². The van der Waals surface area contributed by atoms with Crippen LogP contribution in [0.5, 0.6) is 0 Å². The van der Waals surface area contributed by atoms with Gasteiger partial charge in [-0.1, -0.05) is 30.3 Å². The third kappa shape index (κ3) is 4.61. The van der Waals surface area contributed by atoms with Gasteiger partial charge in [0.25, 0.3) is 5.91 Å². The number of piperazine rings is 1. The Labute approximate surface area is 159 Å². The minimum Gasteiger partial charge on any atom is -0.336 e. The third-order valence-corrected chi connectivity index (χ3v) is 5.94. The maximum absolute atomic E-state index is 12.5. The fraction of sp³-hybridized carbons (Fsp3) is 0.200. The quantitative estimate of drug-likeness (QED) is 0.814. The lowest BCUT2D eigenvalue weighted by atomic mass is 10.1. The number of hydrogen-bond acceptors (Lipinski definition) is 4. The monoisotopic (exact) mass is 381 g/mol. The smallest absolute Gasteiger partial charge is 0.253 e. The Kier molecular flexibility index (Phi) is 5.69. The van der Waals surface area contributed by atoms with Crippen molar-refractivity contribution in [3.8, 4) is 6.07 Å². The van der Waals surface area contributed by atoms with Crippen LogP contribution in [0.3, 0.4) is 0 Å². The van der Waals surface area contributed by atoms with Crippen LogP contribution in [0.4, 0.5) is 0 Å². The average molecular weight is 381 g/mol. The average Bonchev–Trinajstić information content (AvgIpc) is 2.73. The summed E-state index contributed by atoms with van der Waals surface area (Å²) >= 11 is 0. The summed E-state index contributed by atoms with van der Waals surface area (Å²) in [6.45, 7) is 1.17. The molecule has 0 bridgehead atoms. The van der Waals surface area contributed by atoms with Crippen molar-refractivity contribution in [2.24, 2.45) is 0 Å². The molecule has 6 nitrogen and oxygen atoms in total. The largest absolute Gasteiger partial charge is 0.336 e. The highest BCUT2D eigenvalue weighted by Crippen LogP contribution is 2.14. The minimum atomic E-state index is -3.53. The molecule has 0 atom stereocenters. The van der Waals surface area contributed by atoms with Crippen molar-refractivity contribution >= 4 is 22.0 Å². The minimum absolute atomic E-state index is 0.156. The van der Waals surface area contributed by atoms with Crippen molar-refractivity contribution in [3.05, 3.63) is 76.7 Å². The second-order valence-corrected chi connectivity index (χ2v) is 7.96. The van der Waals surface area contributed by atoms with E-state index in [1.165, 1.54) is 9.71 Å². The van der Waals surface area contributed by atoms with Gasteiger partial charge >= 0.3 is 0 Å². The first-order valence-electron chi connectivity index (χ1n) is 8.52. The normalized spacial score (nSPS) is 15.6. The predicted molar refractivity (Wildman–Crippen MR) is 103 cm³/mol. The lowest BCUT2D eigenvalue weighted by molar-refractivity contribution is 0.0698. The van der Waals surface area contributed by atoms with Crippen molar-refractivity contribution in [1.29, 1.82) is 5.26 Å². The molecule has 138 valence electrons. The molecule has 0 spiro atoms. The van der Waals surface area contributed by atoms with Crippen LogP contribution in [0.25, 0.3) is 6.08 Å². The highest BCUT2D eigenvalue weighted by atomic mass is 32.2. The summed E-state index contributed by atoms with van der Waals surface area (Å²) in [5.74, 6) is -0.156. The Morgan fingerprint density at radius 2 is 1.59 bits per heavy atom. The lowest BCUT2D eigenvalue weighted by Crippen LogP contribution is -2.50. The molecule has 1 fully saturated rings. The van der Waals surface area contributed by atoms with E-state index in [9.17, 15) is 13.2 Å². The molecule has 0 radical (unpaired) electrons. The molecule has 27 heavy (non-hydrogen) atoms. The van der Waals surface area contributed by atoms with Crippen LogP contribution in [0, 0.1) is 11.3 Å². The number of benzene rings is 2. The summed E-state index contributed by atoms with van der Waals surface area (Å²) < 4.78 is 26.3. The van der Waals surface area contributed by atoms with Crippen LogP contribution in [-0.2, 0) is 10.0 Å². The summed E-state index contributed by atoms with van der Waals surface area (Å²) in [7, 11) is -3.53. The fourth-order valence-electron chi connectivity index (χ4n) is 2.83. The molecule has 0 unspecified atom stereocenters. The Morgan fingerprint density at radius 1 is 0.963 bits per heavy atom. The molecule has 2 aromatic carbocycles. The molecule has 0 aromatic heterocycles. The van der Waals surface area contributed by atoms with Gasteiger partial charge in [-0.25, -0.2) is 8.42 Å². The number of carbonyl (C=O) groups is 1. The van der Waals surface area contributed by atoms with Crippen molar-refractivity contribution in [2.75, 3.05) is 26.2 Å². The van der Waals surface area contributed by atoms with E-state index >= 15 is 0 Å². The van der Waals surface area contributed by atoms with Crippen molar-refractivity contribution in [3.63, 3.8) is 0 Å². The third-order valence-electron chi connectivity index (χ3n) is 4.38. The van der Waals surface area contributed by atoms with E-state index in [1.54, 1.807) is 35.2 Å². The van der Waals surface area contributed by atoms with Gasteiger partial charge in [0.05, 0.1) is 11.6 Å². The van der Waals surface area contributed by atoms with Gasteiger partial charge in [0.15, 0.2) is 0 Å². The summed E-state index contributed by atoms with van der Waals surface area (Å²) in [4.78, 5) is 14.2. The molecule has 0 N–H and O–H groups in total. The number of rotatable bonds is 4. The van der Waals surface area contributed by atoms with E-state index in [2.05, 4.69) is 0 Å². The summed E-state index contributed by atoms with van der Waals surface area (Å²) in [5.41, 5.74) is 1.80. The Bertz CT molecular complexity index is 969. The van der Waals surface area contributed by atoms with Crippen LogP contribution in [0.2, 0.25) is 0 Å². The summed E-state index contributed by atoms with van der Waals surface area (Å²) in [6.07, 6.45) is 1.57. The first-order chi connectivity index (χ1) is 13.0. The van der Waals surface area contributed by atoms with Crippen molar-refractivity contribution in [1.82, 2.24) is 9.21 Å². The second-order valence-electron chi connectivity index (χ2n) is 6.14. The van der Waals surface area contributed by atoms with Gasteiger partial charge in [-0.3, -0.25) is 4.79 Å². The fourth-order valence-corrected chi connectivity index (χ4v) is 4.00. The number of amides is 1. The summed E-state index contributed by atoms with van der Waals surface area (Å²) in [5, 5.41) is 10.0. The highest BCUT2D eigenvalue weighted by molar-refractivity contribution is 7.92. The Hall–Kier alpha value is -2.95. The van der Waals surface area contributed by atoms with Gasteiger partial charge in [0.1, 0.15) is 0 Å². The zero-order valence-electron chi connectivity index (χ0n) is 14.7. The number of sulfonamides is 1. The summed E-state index contributed by atoms with van der Waals surface area (Å²) in [6, 6.07) is 17.7. The predicted octanol–water partition coefficient (Wildman–Crippen LogP) is 2.32. The van der Waals surface area contributed by atoms with E-state index in [4.69, 9.17) is 5.26 Å². The van der Waals surface area contributed by atoms with E-state index in [0.717, 1.165) is 5.56 Å². The highest BCUT2D eigenvalue weighted by Gasteiger charge is 2.27. The van der Waals surface area contributed by atoms with E-state index in [0.29, 0.717) is 24.2 Å². The first-order valence-corrected chi connectivity index (χ1v) is 10.0. The molecular formula is C20H19N3O3S. The van der Waals surface area contributed by atoms with Gasteiger partial charge in [-0.2, -0.15) is 9.57 Å². The number of nitriles is 1. The van der Waals surface area contributed by atoms with Crippen molar-refractivity contribution < 1.29 is 13.2 Å². The molecule has 1 aliphatic heterocycles. The van der Waals surface area contributed by atoms with Gasteiger partial charge < -0.3 is 4.90 Å². The molecule has 1 heterocycles. The number of nitrogens with zero attached hydrogens (tertiary/aromatic N) is 3. The molecule has 2 aromatic rings. The first kappa shape index (κ1) is 18.8. The van der Waals surface area contributed by atoms with Crippen molar-refractivity contribution in [2.45, 2.75) is 0 Å². The van der Waals surface area contributed by atoms with Gasteiger partial charge in [0, 0.05) is 37.2 Å². The molecule has 1 amide bonds. The molecule has 3 rings (SSSR count). The van der Waals surface area contributed by atoms with Gasteiger partial charge in [0.2, 0.25) is 10.0 Å². The van der Waals surface area contributed by atoms with E-state index in [-0.39, 0.29) is 19.0 Å². The Morgan fingerprint density at radius 3 is 2.19 bits per heavy atom. The maximum atomic E-state index is 12.5. The van der Waals surface area contributed by atoms with Crippen LogP contribution in [-0.4, -0.2) is 49.7 Å². The lowest BCUT2D eigenvalue weighted by Gasteiger charge is -2.33. The molecule has 1 aliphatic rings. The Balaban J connectivity index is 1.61. The van der Waals surface area contributed by atoms with E-state index < -0.39 is 10.0 Å². The molecule has 0 saturated carbocycles. The van der Waals surface area contributed by atoms with E-state index in [1.807, 2.05) is 36.4 Å². The molecule has 0 aliphatic carbocycles. The van der Waals surface area contributed by atoms with Gasteiger partial charge in [-0.15, -0.1) is 0 Å². The zero-order valence-corrected chi connectivity index (χ0v) is 15.5. The van der Waals surface area contributed by atoms with Gasteiger partial charge in [-0.05, 0) is 35.9 Å². The number of hydrogen-bond donors (Lipinski definition) is 0. The molecular weight excluding hydrogens is 362 g/mol. The standard InChI is InChI=1S/C20H19N3O3S/c21-16-18-6-8-19(9-7-18)20(24)22-11-13-23(14-12-22)27(25,26)15-10-17-4-2-1-3-5-17/h1-10,15H,11-14H2/b15-10+. The zero-order chi connectivity index (χ0) is 19.3. The van der Waals surface area contributed by atoms with Crippen LogP contribution < -0.4 is 0 Å². The SMILES string of the molecule is N#Cc1ccc(C(=O)N2CCN(S(=O)(=O)/C=C/c3ccccc3)CC2)cc1. The van der Waals surface area contributed by atoms with Crippen LogP contribution in [0.15, 0.2) is 60.0 Å². The van der Waals surface area contributed by atoms with Crippen LogP contribution >= 0.6 is 0 Å². The van der Waals surface area contributed by atoms with Crippen LogP contribution in [0.1, 0.15) is 21.5 Å². The number of carbonyl (C=O) groups excluding carboxylic acids is 1. The maximum Gasteiger partial charge on any atom is 0.253 e. The second kappa shape index (κ2) is 8.16.